The Kier molecular flexibility index (Phi) is 4.98. The highest BCUT2D eigenvalue weighted by molar-refractivity contribution is 7.90. The number of halogens is 2. The molecule has 0 aromatic heterocycles. The number of amides is 2. The van der Waals surface area contributed by atoms with Gasteiger partial charge in [-0.3, -0.25) is 9.59 Å². The minimum absolute atomic E-state index is 0.156. The van der Waals surface area contributed by atoms with Crippen LogP contribution in [0.15, 0.2) is 23.1 Å². The fraction of sp³-hybridized carbons (Fsp3) is 0.429. The Morgan fingerprint density at radius 3 is 2.43 bits per heavy atom. The van der Waals surface area contributed by atoms with Crippen molar-refractivity contribution in [1.29, 1.82) is 0 Å². The lowest BCUT2D eigenvalue weighted by atomic mass is 9.84. The van der Waals surface area contributed by atoms with Gasteiger partial charge in [-0.25, -0.2) is 21.9 Å². The number of carbonyl (C=O) groups is 2. The number of rotatable bonds is 5. The molecule has 0 spiro atoms. The molecule has 1 aliphatic carbocycles. The van der Waals surface area contributed by atoms with Crippen molar-refractivity contribution in [2.24, 2.45) is 5.92 Å². The molecule has 9 heteroatoms. The molecule has 126 valence electrons. The van der Waals surface area contributed by atoms with Crippen molar-refractivity contribution in [3.63, 3.8) is 0 Å². The fourth-order valence-corrected chi connectivity index (χ4v) is 3.15. The number of hydrogen-bond acceptors (Lipinski definition) is 4. The Balaban J connectivity index is 2.04. The van der Waals surface area contributed by atoms with Crippen LogP contribution in [0.5, 0.6) is 0 Å². The van der Waals surface area contributed by atoms with E-state index in [9.17, 15) is 26.8 Å². The second kappa shape index (κ2) is 6.61. The van der Waals surface area contributed by atoms with Gasteiger partial charge in [0.15, 0.2) is 0 Å². The van der Waals surface area contributed by atoms with Crippen LogP contribution in [0.3, 0.4) is 0 Å². The second-order valence-electron chi connectivity index (χ2n) is 5.40. The molecule has 0 heterocycles. The SMILES string of the molecule is CC(NC(=O)C1CCC1)C(=O)NS(=O)(=O)c1ccc(F)cc1F. The van der Waals surface area contributed by atoms with E-state index in [0.29, 0.717) is 6.07 Å². The van der Waals surface area contributed by atoms with Gasteiger partial charge in [-0.05, 0) is 31.9 Å². The summed E-state index contributed by atoms with van der Waals surface area (Å²) in [6, 6.07) is 0.796. The summed E-state index contributed by atoms with van der Waals surface area (Å²) in [7, 11) is -4.49. The van der Waals surface area contributed by atoms with Gasteiger partial charge in [0.1, 0.15) is 22.6 Å². The monoisotopic (exact) mass is 346 g/mol. The molecule has 0 aliphatic heterocycles. The van der Waals surface area contributed by atoms with Crippen LogP contribution in [-0.2, 0) is 19.6 Å². The molecular weight excluding hydrogens is 330 g/mol. The molecule has 2 amide bonds. The van der Waals surface area contributed by atoms with Crippen molar-refractivity contribution < 1.29 is 26.8 Å². The van der Waals surface area contributed by atoms with Crippen LogP contribution in [0.4, 0.5) is 8.78 Å². The zero-order valence-corrected chi connectivity index (χ0v) is 13.1. The van der Waals surface area contributed by atoms with Crippen molar-refractivity contribution in [2.45, 2.75) is 37.1 Å². The summed E-state index contributed by atoms with van der Waals surface area (Å²) in [6.07, 6.45) is 2.41. The predicted octanol–water partition coefficient (Wildman–Crippen LogP) is 1.07. The zero-order chi connectivity index (χ0) is 17.2. The van der Waals surface area contributed by atoms with Gasteiger partial charge in [0.05, 0.1) is 0 Å². The molecule has 6 nitrogen and oxygen atoms in total. The minimum atomic E-state index is -4.49. The van der Waals surface area contributed by atoms with Gasteiger partial charge < -0.3 is 5.32 Å². The van der Waals surface area contributed by atoms with Crippen molar-refractivity contribution >= 4 is 21.8 Å². The first-order valence-corrected chi connectivity index (χ1v) is 8.51. The number of hydrogen-bond donors (Lipinski definition) is 2. The van der Waals surface area contributed by atoms with Crippen molar-refractivity contribution in [2.75, 3.05) is 0 Å². The first-order chi connectivity index (χ1) is 10.7. The Labute approximate surface area is 132 Å². The zero-order valence-electron chi connectivity index (χ0n) is 12.3. The third-order valence-corrected chi connectivity index (χ3v) is 5.03. The molecule has 0 bridgehead atoms. The average Bonchev–Trinajstić information content (AvgIpc) is 2.34. The van der Waals surface area contributed by atoms with Crippen LogP contribution < -0.4 is 10.0 Å². The van der Waals surface area contributed by atoms with Gasteiger partial charge in [0, 0.05) is 12.0 Å². The van der Waals surface area contributed by atoms with E-state index in [1.54, 1.807) is 4.72 Å². The van der Waals surface area contributed by atoms with Gasteiger partial charge in [0.2, 0.25) is 5.91 Å². The first kappa shape index (κ1) is 17.3. The first-order valence-electron chi connectivity index (χ1n) is 7.03. The Hall–Kier alpha value is -2.03. The third kappa shape index (κ3) is 4.04. The van der Waals surface area contributed by atoms with E-state index in [-0.39, 0.29) is 11.8 Å². The summed E-state index contributed by atoms with van der Waals surface area (Å²) in [5, 5.41) is 2.41. The highest BCUT2D eigenvalue weighted by Gasteiger charge is 2.29. The molecule has 1 aromatic carbocycles. The van der Waals surface area contributed by atoms with Crippen LogP contribution in [0, 0.1) is 17.6 Å². The third-order valence-electron chi connectivity index (χ3n) is 3.65. The number of benzene rings is 1. The van der Waals surface area contributed by atoms with Crippen molar-refractivity contribution in [1.82, 2.24) is 10.0 Å². The van der Waals surface area contributed by atoms with E-state index in [4.69, 9.17) is 0 Å². The molecule has 1 fully saturated rings. The molecule has 1 atom stereocenters. The quantitative estimate of drug-likeness (QED) is 0.834. The van der Waals surface area contributed by atoms with Crippen LogP contribution in [-0.4, -0.2) is 26.3 Å². The maximum atomic E-state index is 13.5. The fourth-order valence-electron chi connectivity index (χ4n) is 2.04. The Bertz CT molecular complexity index is 732. The van der Waals surface area contributed by atoms with Gasteiger partial charge in [-0.15, -0.1) is 0 Å². The van der Waals surface area contributed by atoms with E-state index < -0.39 is 38.5 Å². The molecular formula is C14H16F2N2O4S. The molecule has 1 unspecified atom stereocenters. The average molecular weight is 346 g/mol. The van der Waals surface area contributed by atoms with Gasteiger partial charge in [0.25, 0.3) is 15.9 Å². The van der Waals surface area contributed by atoms with Gasteiger partial charge in [-0.1, -0.05) is 6.42 Å². The van der Waals surface area contributed by atoms with Crippen LogP contribution in [0.1, 0.15) is 26.2 Å². The normalized spacial score (nSPS) is 16.3. The molecule has 0 saturated heterocycles. The second-order valence-corrected chi connectivity index (χ2v) is 7.05. The maximum absolute atomic E-state index is 13.5. The molecule has 2 rings (SSSR count). The summed E-state index contributed by atoms with van der Waals surface area (Å²) in [4.78, 5) is 22.8. The predicted molar refractivity (Wildman–Crippen MR) is 76.6 cm³/mol. The summed E-state index contributed by atoms with van der Waals surface area (Å²) >= 11 is 0. The Morgan fingerprint density at radius 1 is 1.26 bits per heavy atom. The van der Waals surface area contributed by atoms with Crippen LogP contribution in [0.25, 0.3) is 0 Å². The van der Waals surface area contributed by atoms with Gasteiger partial charge >= 0.3 is 0 Å². The van der Waals surface area contributed by atoms with E-state index >= 15 is 0 Å². The maximum Gasteiger partial charge on any atom is 0.267 e. The van der Waals surface area contributed by atoms with Crippen LogP contribution >= 0.6 is 0 Å². The smallest absolute Gasteiger partial charge is 0.267 e. The highest BCUT2D eigenvalue weighted by atomic mass is 32.2. The van der Waals surface area contributed by atoms with E-state index in [0.717, 1.165) is 31.4 Å². The molecule has 2 N–H and O–H groups in total. The van der Waals surface area contributed by atoms with E-state index in [2.05, 4.69) is 5.32 Å². The summed E-state index contributed by atoms with van der Waals surface area (Å²) in [5.74, 6) is -3.72. The number of nitrogens with one attached hydrogen (secondary N) is 2. The molecule has 1 aliphatic rings. The largest absolute Gasteiger partial charge is 0.344 e. The van der Waals surface area contributed by atoms with Crippen molar-refractivity contribution in [3.05, 3.63) is 29.8 Å². The number of carbonyl (C=O) groups excluding carboxylic acids is 2. The lowest BCUT2D eigenvalue weighted by Gasteiger charge is -2.25. The number of sulfonamides is 1. The minimum Gasteiger partial charge on any atom is -0.344 e. The molecule has 1 saturated carbocycles. The molecule has 23 heavy (non-hydrogen) atoms. The summed E-state index contributed by atoms with van der Waals surface area (Å²) in [5.41, 5.74) is 0. The molecule has 0 radical (unpaired) electrons. The summed E-state index contributed by atoms with van der Waals surface area (Å²) < 4.78 is 51.9. The lowest BCUT2D eigenvalue weighted by Crippen LogP contribution is -2.49. The highest BCUT2D eigenvalue weighted by Crippen LogP contribution is 2.26. The Morgan fingerprint density at radius 2 is 1.91 bits per heavy atom. The van der Waals surface area contributed by atoms with E-state index in [1.165, 1.54) is 6.92 Å². The van der Waals surface area contributed by atoms with E-state index in [1.807, 2.05) is 0 Å². The lowest BCUT2D eigenvalue weighted by molar-refractivity contribution is -0.131. The van der Waals surface area contributed by atoms with Crippen molar-refractivity contribution in [3.8, 4) is 0 Å². The molecule has 1 aromatic rings. The van der Waals surface area contributed by atoms with Gasteiger partial charge in [-0.2, -0.15) is 0 Å². The van der Waals surface area contributed by atoms with Crippen LogP contribution in [0.2, 0.25) is 0 Å². The summed E-state index contributed by atoms with van der Waals surface area (Å²) in [6.45, 7) is 1.32. The topological polar surface area (TPSA) is 92.3 Å². The standard InChI is InChI=1S/C14H16F2N2O4S/c1-8(17-14(20)9-3-2-4-9)13(19)18-23(21,22)12-6-5-10(15)7-11(12)16/h5-9H,2-4H2,1H3,(H,17,20)(H,18,19).